The smallest absolute Gasteiger partial charge is 0.226 e. The zero-order chi connectivity index (χ0) is 11.6. The van der Waals surface area contributed by atoms with Crippen LogP contribution in [0, 0.1) is 17.8 Å². The van der Waals surface area contributed by atoms with Gasteiger partial charge in [0.05, 0.1) is 0 Å². The van der Waals surface area contributed by atoms with Gasteiger partial charge in [-0.3, -0.25) is 4.79 Å². The number of halogens is 1. The van der Waals surface area contributed by atoms with E-state index in [0.29, 0.717) is 29.3 Å². The Bertz CT molecular complexity index is 334. The summed E-state index contributed by atoms with van der Waals surface area (Å²) in [5.74, 6) is 2.43. The van der Waals surface area contributed by atoms with E-state index in [9.17, 15) is 4.79 Å². The summed E-state index contributed by atoms with van der Waals surface area (Å²) in [6.07, 6.45) is 8.43. The molecule has 4 rings (SSSR count). The molecule has 0 radical (unpaired) electrons. The SMILES string of the molecule is O=C(C1C2CCCC21)N1C2CCC1CC(Cl)C2. The first-order valence-electron chi connectivity index (χ1n) is 7.22. The highest BCUT2D eigenvalue weighted by molar-refractivity contribution is 6.20. The van der Waals surface area contributed by atoms with Gasteiger partial charge in [0.15, 0.2) is 0 Å². The average Bonchev–Trinajstić information content (AvgIpc) is 2.65. The summed E-state index contributed by atoms with van der Waals surface area (Å²) in [4.78, 5) is 14.9. The molecule has 94 valence electrons. The fourth-order valence-electron chi connectivity index (χ4n) is 4.83. The molecule has 4 fully saturated rings. The van der Waals surface area contributed by atoms with Crippen molar-refractivity contribution < 1.29 is 4.79 Å². The summed E-state index contributed by atoms with van der Waals surface area (Å²) < 4.78 is 0. The molecule has 17 heavy (non-hydrogen) atoms. The Kier molecular flexibility index (Phi) is 2.28. The Morgan fingerprint density at radius 1 is 1.00 bits per heavy atom. The van der Waals surface area contributed by atoms with Crippen LogP contribution < -0.4 is 0 Å². The number of piperidine rings is 1. The third-order valence-corrected chi connectivity index (χ3v) is 5.98. The van der Waals surface area contributed by atoms with Crippen LogP contribution in [-0.4, -0.2) is 28.3 Å². The lowest BCUT2D eigenvalue weighted by molar-refractivity contribution is -0.137. The van der Waals surface area contributed by atoms with Gasteiger partial charge in [0, 0.05) is 23.4 Å². The second-order valence-corrected chi connectivity index (χ2v) is 7.10. The lowest BCUT2D eigenvalue weighted by Crippen LogP contribution is -2.48. The number of fused-ring (bicyclic) bond motifs is 3. The molecule has 2 bridgehead atoms. The molecule has 1 amide bonds. The normalized spacial score (nSPS) is 51.5. The second kappa shape index (κ2) is 3.63. The molecule has 0 aromatic carbocycles. The maximum Gasteiger partial charge on any atom is 0.226 e. The predicted molar refractivity (Wildman–Crippen MR) is 66.9 cm³/mol. The molecular formula is C14H20ClNO. The number of alkyl halides is 1. The highest BCUT2D eigenvalue weighted by Crippen LogP contribution is 2.59. The van der Waals surface area contributed by atoms with Crippen LogP contribution in [0.15, 0.2) is 0 Å². The summed E-state index contributed by atoms with van der Waals surface area (Å²) in [7, 11) is 0. The van der Waals surface area contributed by atoms with Gasteiger partial charge >= 0.3 is 0 Å². The van der Waals surface area contributed by atoms with E-state index in [0.717, 1.165) is 24.7 Å². The highest BCUT2D eigenvalue weighted by atomic mass is 35.5. The fourth-order valence-corrected chi connectivity index (χ4v) is 5.24. The van der Waals surface area contributed by atoms with Gasteiger partial charge in [-0.1, -0.05) is 6.42 Å². The fraction of sp³-hybridized carbons (Fsp3) is 0.929. The molecule has 2 saturated heterocycles. The van der Waals surface area contributed by atoms with Crippen molar-refractivity contribution in [1.29, 1.82) is 0 Å². The standard InChI is InChI=1S/C14H20ClNO/c15-8-6-9-4-5-10(7-8)16(9)14(17)13-11-2-1-3-12(11)13/h8-13H,1-7H2. The van der Waals surface area contributed by atoms with Gasteiger partial charge in [-0.05, 0) is 50.4 Å². The van der Waals surface area contributed by atoms with Crippen LogP contribution in [-0.2, 0) is 4.79 Å². The minimum absolute atomic E-state index is 0.315. The molecule has 2 heterocycles. The van der Waals surface area contributed by atoms with Gasteiger partial charge in [-0.25, -0.2) is 0 Å². The van der Waals surface area contributed by atoms with Crippen LogP contribution in [0.3, 0.4) is 0 Å². The molecule has 0 spiro atoms. The molecule has 2 aliphatic heterocycles. The maximum absolute atomic E-state index is 12.6. The monoisotopic (exact) mass is 253 g/mol. The first-order chi connectivity index (χ1) is 8.25. The number of hydrogen-bond donors (Lipinski definition) is 0. The first kappa shape index (κ1) is 10.7. The van der Waals surface area contributed by atoms with Crippen molar-refractivity contribution in [1.82, 2.24) is 4.90 Å². The van der Waals surface area contributed by atoms with Crippen LogP contribution in [0.4, 0.5) is 0 Å². The van der Waals surface area contributed by atoms with E-state index in [1.165, 1.54) is 32.1 Å². The minimum atomic E-state index is 0.315. The van der Waals surface area contributed by atoms with E-state index in [4.69, 9.17) is 11.6 Å². The van der Waals surface area contributed by atoms with Gasteiger partial charge in [-0.2, -0.15) is 0 Å². The third-order valence-electron chi connectivity index (χ3n) is 5.62. The van der Waals surface area contributed by atoms with Crippen molar-refractivity contribution in [3.05, 3.63) is 0 Å². The Morgan fingerprint density at radius 2 is 1.59 bits per heavy atom. The van der Waals surface area contributed by atoms with Crippen molar-refractivity contribution in [2.24, 2.45) is 17.8 Å². The van der Waals surface area contributed by atoms with E-state index < -0.39 is 0 Å². The molecule has 0 aromatic rings. The molecule has 0 N–H and O–H groups in total. The Hall–Kier alpha value is -0.240. The van der Waals surface area contributed by atoms with Gasteiger partial charge in [-0.15, -0.1) is 11.6 Å². The molecule has 0 aromatic heterocycles. The Morgan fingerprint density at radius 3 is 2.18 bits per heavy atom. The number of nitrogens with zero attached hydrogens (tertiary/aromatic N) is 1. The van der Waals surface area contributed by atoms with E-state index in [1.807, 2.05) is 0 Å². The van der Waals surface area contributed by atoms with Crippen molar-refractivity contribution in [3.63, 3.8) is 0 Å². The van der Waals surface area contributed by atoms with E-state index in [1.54, 1.807) is 0 Å². The summed E-state index contributed by atoms with van der Waals surface area (Å²) in [6.45, 7) is 0. The number of hydrogen-bond acceptors (Lipinski definition) is 1. The molecule has 2 nitrogen and oxygen atoms in total. The zero-order valence-electron chi connectivity index (χ0n) is 10.1. The van der Waals surface area contributed by atoms with Crippen molar-refractivity contribution in [3.8, 4) is 0 Å². The van der Waals surface area contributed by atoms with Gasteiger partial charge in [0.1, 0.15) is 0 Å². The zero-order valence-corrected chi connectivity index (χ0v) is 10.9. The maximum atomic E-state index is 12.6. The van der Waals surface area contributed by atoms with E-state index >= 15 is 0 Å². The predicted octanol–water partition coefficient (Wildman–Crippen LogP) is 2.79. The lowest BCUT2D eigenvalue weighted by atomic mass is 10.0. The molecule has 4 aliphatic rings. The van der Waals surface area contributed by atoms with Crippen LogP contribution in [0.2, 0.25) is 0 Å². The molecule has 3 heteroatoms. The quantitative estimate of drug-likeness (QED) is 0.658. The van der Waals surface area contributed by atoms with Crippen LogP contribution in [0.1, 0.15) is 44.9 Å². The highest BCUT2D eigenvalue weighted by Gasteiger charge is 2.59. The number of rotatable bonds is 1. The van der Waals surface area contributed by atoms with E-state index in [-0.39, 0.29) is 0 Å². The van der Waals surface area contributed by atoms with Gasteiger partial charge < -0.3 is 4.90 Å². The number of carbonyl (C=O) groups is 1. The first-order valence-corrected chi connectivity index (χ1v) is 7.65. The van der Waals surface area contributed by atoms with Crippen molar-refractivity contribution in [2.45, 2.75) is 62.4 Å². The summed E-state index contributed by atoms with van der Waals surface area (Å²) in [5, 5.41) is 0.315. The van der Waals surface area contributed by atoms with Crippen molar-refractivity contribution in [2.75, 3.05) is 0 Å². The topological polar surface area (TPSA) is 20.3 Å². The average molecular weight is 254 g/mol. The molecule has 4 unspecified atom stereocenters. The van der Waals surface area contributed by atoms with Gasteiger partial charge in [0.2, 0.25) is 5.91 Å². The Balaban J connectivity index is 1.50. The lowest BCUT2D eigenvalue weighted by Gasteiger charge is -2.37. The summed E-state index contributed by atoms with van der Waals surface area (Å²) in [6, 6.07) is 0.954. The van der Waals surface area contributed by atoms with Crippen LogP contribution in [0.25, 0.3) is 0 Å². The number of carbonyl (C=O) groups excluding carboxylic acids is 1. The molecule has 2 saturated carbocycles. The third kappa shape index (κ3) is 1.49. The van der Waals surface area contributed by atoms with Crippen LogP contribution >= 0.6 is 11.6 Å². The molecule has 2 aliphatic carbocycles. The van der Waals surface area contributed by atoms with Crippen LogP contribution in [0.5, 0.6) is 0 Å². The minimum Gasteiger partial charge on any atom is -0.336 e. The Labute approximate surface area is 108 Å². The van der Waals surface area contributed by atoms with Crippen molar-refractivity contribution >= 4 is 17.5 Å². The molecule has 4 atom stereocenters. The summed E-state index contributed by atoms with van der Waals surface area (Å²) >= 11 is 6.27. The largest absolute Gasteiger partial charge is 0.336 e. The molecular weight excluding hydrogens is 234 g/mol. The van der Waals surface area contributed by atoms with Gasteiger partial charge in [0.25, 0.3) is 0 Å². The summed E-state index contributed by atoms with van der Waals surface area (Å²) in [5.41, 5.74) is 0. The second-order valence-electron chi connectivity index (χ2n) is 6.48. The number of amides is 1. The van der Waals surface area contributed by atoms with E-state index in [2.05, 4.69) is 4.90 Å².